The number of hydrogen-bond donors (Lipinski definition) is 1. The molecule has 0 aliphatic heterocycles. The second-order valence-electron chi connectivity index (χ2n) is 7.12. The number of methoxy groups -OCH3 is 1. The van der Waals surface area contributed by atoms with E-state index < -0.39 is 0 Å². The summed E-state index contributed by atoms with van der Waals surface area (Å²) in [5, 5.41) is 11.9. The monoisotopic (exact) mass is 381 g/mol. The Morgan fingerprint density at radius 2 is 1.82 bits per heavy atom. The average molecular weight is 381 g/mol. The Labute approximate surface area is 165 Å². The van der Waals surface area contributed by atoms with Gasteiger partial charge in [-0.1, -0.05) is 0 Å². The summed E-state index contributed by atoms with van der Waals surface area (Å²) in [7, 11) is 5.41. The van der Waals surface area contributed by atoms with Crippen molar-refractivity contribution in [1.29, 1.82) is 0 Å². The van der Waals surface area contributed by atoms with Gasteiger partial charge in [0.05, 0.1) is 18.5 Å². The summed E-state index contributed by atoms with van der Waals surface area (Å²) in [5.41, 5.74) is 5.55. The molecule has 0 spiro atoms. The van der Waals surface area contributed by atoms with Crippen LogP contribution >= 0.6 is 0 Å². The molecule has 3 rings (SSSR count). The number of aromatic nitrogens is 4. The predicted molar refractivity (Wildman–Crippen MR) is 109 cm³/mol. The SMILES string of the molecule is COc1ccc(-c2cc(C(=O)N[C@H](C)Cc3c(C)nn(C)c3C)nn2C)cc1. The highest BCUT2D eigenvalue weighted by molar-refractivity contribution is 5.93. The zero-order valence-electron chi connectivity index (χ0n) is 17.3. The molecule has 7 heteroatoms. The molecule has 2 heterocycles. The Balaban J connectivity index is 1.72. The molecule has 2 aromatic heterocycles. The zero-order chi connectivity index (χ0) is 20.4. The number of ether oxygens (including phenoxy) is 1. The lowest BCUT2D eigenvalue weighted by Crippen LogP contribution is -2.34. The molecule has 148 valence electrons. The van der Waals surface area contributed by atoms with Crippen molar-refractivity contribution < 1.29 is 9.53 Å². The number of nitrogens with zero attached hydrogens (tertiary/aromatic N) is 4. The number of nitrogens with one attached hydrogen (secondary N) is 1. The Kier molecular flexibility index (Phi) is 5.53. The second-order valence-corrected chi connectivity index (χ2v) is 7.12. The highest BCUT2D eigenvalue weighted by Crippen LogP contribution is 2.23. The largest absolute Gasteiger partial charge is 0.497 e. The third-order valence-electron chi connectivity index (χ3n) is 5.04. The number of hydrogen-bond acceptors (Lipinski definition) is 4. The van der Waals surface area contributed by atoms with Crippen molar-refractivity contribution in [2.75, 3.05) is 7.11 Å². The van der Waals surface area contributed by atoms with Gasteiger partial charge in [-0.3, -0.25) is 14.2 Å². The third kappa shape index (κ3) is 3.93. The summed E-state index contributed by atoms with van der Waals surface area (Å²) >= 11 is 0. The van der Waals surface area contributed by atoms with Crippen molar-refractivity contribution in [2.45, 2.75) is 33.2 Å². The van der Waals surface area contributed by atoms with Gasteiger partial charge in [0.25, 0.3) is 5.91 Å². The first-order chi connectivity index (χ1) is 13.3. The number of benzene rings is 1. The topological polar surface area (TPSA) is 74.0 Å². The van der Waals surface area contributed by atoms with Crippen LogP contribution in [-0.2, 0) is 20.5 Å². The predicted octanol–water partition coefficient (Wildman–Crippen LogP) is 2.81. The summed E-state index contributed by atoms with van der Waals surface area (Å²) in [6.45, 7) is 6.04. The maximum Gasteiger partial charge on any atom is 0.272 e. The fourth-order valence-corrected chi connectivity index (χ4v) is 3.38. The van der Waals surface area contributed by atoms with Gasteiger partial charge in [0.15, 0.2) is 5.69 Å². The van der Waals surface area contributed by atoms with Crippen LogP contribution in [0.25, 0.3) is 11.3 Å². The maximum absolute atomic E-state index is 12.7. The fourth-order valence-electron chi connectivity index (χ4n) is 3.38. The first-order valence-electron chi connectivity index (χ1n) is 9.28. The van der Waals surface area contributed by atoms with Crippen LogP contribution in [0.2, 0.25) is 0 Å². The number of carbonyl (C=O) groups excluding carboxylic acids is 1. The summed E-state index contributed by atoms with van der Waals surface area (Å²) in [4.78, 5) is 12.7. The number of amides is 1. The third-order valence-corrected chi connectivity index (χ3v) is 5.04. The number of aryl methyl sites for hydroxylation is 3. The molecule has 1 N–H and O–H groups in total. The molecule has 3 aromatic rings. The number of rotatable bonds is 6. The first kappa shape index (κ1) is 19.7. The van der Waals surface area contributed by atoms with Gasteiger partial charge < -0.3 is 10.1 Å². The Hall–Kier alpha value is -3.09. The van der Waals surface area contributed by atoms with E-state index in [1.165, 1.54) is 5.56 Å². The fraction of sp³-hybridized carbons (Fsp3) is 0.381. The molecule has 7 nitrogen and oxygen atoms in total. The van der Waals surface area contributed by atoms with Gasteiger partial charge >= 0.3 is 0 Å². The standard InChI is InChI=1S/C21H27N5O2/c1-13(11-18-14(2)23-25(4)15(18)3)22-21(27)19-12-20(26(5)24-19)16-7-9-17(28-6)10-8-16/h7-10,12-13H,11H2,1-6H3,(H,22,27)/t13-/m1/s1. The van der Waals surface area contributed by atoms with Crippen molar-refractivity contribution in [2.24, 2.45) is 14.1 Å². The summed E-state index contributed by atoms with van der Waals surface area (Å²) in [6, 6.07) is 9.47. The van der Waals surface area contributed by atoms with E-state index in [0.29, 0.717) is 5.69 Å². The molecule has 1 aromatic carbocycles. The van der Waals surface area contributed by atoms with Crippen LogP contribution in [0.5, 0.6) is 5.75 Å². The van der Waals surface area contributed by atoms with E-state index in [1.807, 2.05) is 69.9 Å². The van der Waals surface area contributed by atoms with Gasteiger partial charge in [-0.15, -0.1) is 0 Å². The summed E-state index contributed by atoms with van der Waals surface area (Å²) in [6.07, 6.45) is 0.732. The van der Waals surface area contributed by atoms with E-state index in [9.17, 15) is 4.79 Å². The molecule has 1 amide bonds. The Morgan fingerprint density at radius 3 is 2.39 bits per heavy atom. The smallest absolute Gasteiger partial charge is 0.272 e. The minimum Gasteiger partial charge on any atom is -0.497 e. The summed E-state index contributed by atoms with van der Waals surface area (Å²) in [5.74, 6) is 0.612. The van der Waals surface area contributed by atoms with E-state index in [-0.39, 0.29) is 11.9 Å². The molecule has 0 saturated carbocycles. The van der Waals surface area contributed by atoms with Gasteiger partial charge in [0.2, 0.25) is 0 Å². The van der Waals surface area contributed by atoms with Crippen molar-refractivity contribution in [1.82, 2.24) is 24.9 Å². The molecule has 0 aliphatic rings. The van der Waals surface area contributed by atoms with Gasteiger partial charge in [0.1, 0.15) is 5.75 Å². The molecular formula is C21H27N5O2. The van der Waals surface area contributed by atoms with Crippen LogP contribution in [0, 0.1) is 13.8 Å². The van der Waals surface area contributed by atoms with Crippen molar-refractivity contribution in [3.63, 3.8) is 0 Å². The molecule has 0 fully saturated rings. The molecule has 0 aliphatic carbocycles. The minimum atomic E-state index is -0.179. The van der Waals surface area contributed by atoms with Gasteiger partial charge in [0, 0.05) is 31.4 Å². The van der Waals surface area contributed by atoms with E-state index in [0.717, 1.165) is 34.8 Å². The lowest BCUT2D eigenvalue weighted by molar-refractivity contribution is 0.0934. The van der Waals surface area contributed by atoms with Crippen LogP contribution in [-0.4, -0.2) is 38.6 Å². The maximum atomic E-state index is 12.7. The van der Waals surface area contributed by atoms with E-state index in [2.05, 4.69) is 15.5 Å². The normalized spacial score (nSPS) is 12.1. The van der Waals surface area contributed by atoms with E-state index >= 15 is 0 Å². The molecule has 0 saturated heterocycles. The minimum absolute atomic E-state index is 0.0273. The molecule has 0 radical (unpaired) electrons. The lowest BCUT2D eigenvalue weighted by atomic mass is 10.1. The Bertz CT molecular complexity index is 985. The lowest BCUT2D eigenvalue weighted by Gasteiger charge is -2.13. The molecule has 0 bridgehead atoms. The van der Waals surface area contributed by atoms with Gasteiger partial charge in [-0.2, -0.15) is 10.2 Å². The van der Waals surface area contributed by atoms with E-state index in [4.69, 9.17) is 4.74 Å². The van der Waals surface area contributed by atoms with Crippen molar-refractivity contribution in [3.8, 4) is 17.0 Å². The average Bonchev–Trinajstić information content (AvgIpc) is 3.17. The Morgan fingerprint density at radius 1 is 1.14 bits per heavy atom. The van der Waals surface area contributed by atoms with Crippen LogP contribution < -0.4 is 10.1 Å². The molecule has 28 heavy (non-hydrogen) atoms. The van der Waals surface area contributed by atoms with Crippen LogP contribution in [0.1, 0.15) is 34.4 Å². The summed E-state index contributed by atoms with van der Waals surface area (Å²) < 4.78 is 8.79. The highest BCUT2D eigenvalue weighted by atomic mass is 16.5. The number of carbonyl (C=O) groups is 1. The van der Waals surface area contributed by atoms with Crippen LogP contribution in [0.3, 0.4) is 0 Å². The molecule has 1 atom stereocenters. The first-order valence-corrected chi connectivity index (χ1v) is 9.28. The van der Waals surface area contributed by atoms with Crippen molar-refractivity contribution >= 4 is 5.91 Å². The second kappa shape index (κ2) is 7.88. The highest BCUT2D eigenvalue weighted by Gasteiger charge is 2.18. The van der Waals surface area contributed by atoms with Gasteiger partial charge in [-0.25, -0.2) is 0 Å². The molecular weight excluding hydrogens is 354 g/mol. The van der Waals surface area contributed by atoms with Crippen LogP contribution in [0.15, 0.2) is 30.3 Å². The quantitative estimate of drug-likeness (QED) is 0.713. The van der Waals surface area contributed by atoms with Crippen molar-refractivity contribution in [3.05, 3.63) is 53.0 Å². The van der Waals surface area contributed by atoms with Crippen LogP contribution in [0.4, 0.5) is 0 Å². The molecule has 0 unspecified atom stereocenters. The zero-order valence-corrected chi connectivity index (χ0v) is 17.3. The van der Waals surface area contributed by atoms with Gasteiger partial charge in [-0.05, 0) is 63.1 Å². The van der Waals surface area contributed by atoms with E-state index in [1.54, 1.807) is 11.8 Å².